The molecule has 1 aliphatic rings. The summed E-state index contributed by atoms with van der Waals surface area (Å²) in [4.78, 5) is 27.1. The van der Waals surface area contributed by atoms with Crippen LogP contribution in [0, 0.1) is 0 Å². The first-order valence-electron chi connectivity index (χ1n) is 8.13. The van der Waals surface area contributed by atoms with Crippen LogP contribution >= 0.6 is 0 Å². The van der Waals surface area contributed by atoms with E-state index in [9.17, 15) is 9.59 Å². The molecule has 0 radical (unpaired) electrons. The Bertz CT molecular complexity index is 971. The molecule has 0 saturated carbocycles. The van der Waals surface area contributed by atoms with Crippen LogP contribution < -0.4 is 10.9 Å². The van der Waals surface area contributed by atoms with Gasteiger partial charge in [-0.3, -0.25) is 14.7 Å². The standard InChI is InChI=1S/C18H18N4O2/c23-17(19-10-16-13-5-3-7-15(13)21-22-16)9-12-8-11-4-1-2-6-14(11)20-18(12)24/h1-2,4,6,8H,3,5,7,9-10H2,(H,19,23)(H,20,24)(H,21,22). The third-order valence-corrected chi connectivity index (χ3v) is 4.53. The molecule has 3 N–H and O–H groups in total. The number of pyridine rings is 1. The number of nitrogens with one attached hydrogen (secondary N) is 3. The Kier molecular flexibility index (Phi) is 3.65. The van der Waals surface area contributed by atoms with Gasteiger partial charge in [0.2, 0.25) is 5.91 Å². The SMILES string of the molecule is O=C(Cc1cc2ccccc2[nH]c1=O)NCc1n[nH]c2c1CCC2. The first kappa shape index (κ1) is 14.7. The second kappa shape index (κ2) is 5.96. The molecule has 0 unspecified atom stereocenters. The number of para-hydroxylation sites is 1. The molecular formula is C18H18N4O2. The summed E-state index contributed by atoms with van der Waals surface area (Å²) in [5.74, 6) is -0.175. The highest BCUT2D eigenvalue weighted by molar-refractivity contribution is 5.82. The highest BCUT2D eigenvalue weighted by Gasteiger charge is 2.18. The number of carbonyl (C=O) groups is 1. The van der Waals surface area contributed by atoms with E-state index in [0.717, 1.165) is 35.9 Å². The molecule has 6 nitrogen and oxygen atoms in total. The lowest BCUT2D eigenvalue weighted by atomic mass is 10.1. The van der Waals surface area contributed by atoms with E-state index < -0.39 is 0 Å². The Morgan fingerprint density at radius 3 is 3.04 bits per heavy atom. The monoisotopic (exact) mass is 322 g/mol. The maximum Gasteiger partial charge on any atom is 0.252 e. The lowest BCUT2D eigenvalue weighted by molar-refractivity contribution is -0.120. The number of amides is 1. The van der Waals surface area contributed by atoms with Crippen molar-refractivity contribution in [3.05, 3.63) is 63.2 Å². The third-order valence-electron chi connectivity index (χ3n) is 4.53. The van der Waals surface area contributed by atoms with Crippen LogP contribution in [0.5, 0.6) is 0 Å². The Hall–Kier alpha value is -2.89. The van der Waals surface area contributed by atoms with Crippen LogP contribution in [0.3, 0.4) is 0 Å². The zero-order chi connectivity index (χ0) is 16.5. The van der Waals surface area contributed by atoms with Gasteiger partial charge in [0.05, 0.1) is 18.7 Å². The molecule has 2 heterocycles. The van der Waals surface area contributed by atoms with E-state index >= 15 is 0 Å². The van der Waals surface area contributed by atoms with E-state index in [0.29, 0.717) is 12.1 Å². The molecule has 0 aliphatic heterocycles. The van der Waals surface area contributed by atoms with Crippen LogP contribution in [0.1, 0.15) is 28.9 Å². The molecule has 24 heavy (non-hydrogen) atoms. The lowest BCUT2D eigenvalue weighted by Crippen LogP contribution is -2.27. The average Bonchev–Trinajstić information content (AvgIpc) is 3.17. The van der Waals surface area contributed by atoms with Gasteiger partial charge in [-0.2, -0.15) is 5.10 Å². The fraction of sp³-hybridized carbons (Fsp3) is 0.278. The van der Waals surface area contributed by atoms with Crippen molar-refractivity contribution >= 4 is 16.8 Å². The summed E-state index contributed by atoms with van der Waals surface area (Å²) in [5, 5.41) is 11.1. The number of hydrogen-bond acceptors (Lipinski definition) is 3. The normalized spacial score (nSPS) is 13.2. The topological polar surface area (TPSA) is 90.6 Å². The zero-order valence-electron chi connectivity index (χ0n) is 13.2. The van der Waals surface area contributed by atoms with E-state index in [2.05, 4.69) is 20.5 Å². The first-order chi connectivity index (χ1) is 11.7. The predicted octanol–water partition coefficient (Wildman–Crippen LogP) is 1.60. The largest absolute Gasteiger partial charge is 0.350 e. The van der Waals surface area contributed by atoms with E-state index in [1.54, 1.807) is 6.07 Å². The summed E-state index contributed by atoms with van der Waals surface area (Å²) in [6, 6.07) is 9.31. The van der Waals surface area contributed by atoms with Crippen LogP contribution in [0.15, 0.2) is 35.1 Å². The summed E-state index contributed by atoms with van der Waals surface area (Å²) in [6.07, 6.45) is 3.24. The third kappa shape index (κ3) is 2.71. The van der Waals surface area contributed by atoms with Gasteiger partial charge in [-0.25, -0.2) is 0 Å². The maximum atomic E-state index is 12.2. The quantitative estimate of drug-likeness (QED) is 0.681. The smallest absolute Gasteiger partial charge is 0.252 e. The van der Waals surface area contributed by atoms with Gasteiger partial charge in [0, 0.05) is 16.8 Å². The molecule has 4 rings (SSSR count). The van der Waals surface area contributed by atoms with Crippen molar-refractivity contribution in [1.29, 1.82) is 0 Å². The van der Waals surface area contributed by atoms with Crippen LogP contribution in [0.25, 0.3) is 10.9 Å². The minimum Gasteiger partial charge on any atom is -0.350 e. The number of aromatic amines is 2. The maximum absolute atomic E-state index is 12.2. The molecule has 1 aromatic carbocycles. The molecule has 122 valence electrons. The van der Waals surface area contributed by atoms with Crippen molar-refractivity contribution in [3.8, 4) is 0 Å². The summed E-state index contributed by atoms with van der Waals surface area (Å²) in [5.41, 5.74) is 4.36. The molecule has 2 aromatic heterocycles. The van der Waals surface area contributed by atoms with Crippen molar-refractivity contribution in [2.45, 2.75) is 32.2 Å². The van der Waals surface area contributed by atoms with Crippen molar-refractivity contribution in [1.82, 2.24) is 20.5 Å². The van der Waals surface area contributed by atoms with E-state index in [1.165, 1.54) is 11.3 Å². The van der Waals surface area contributed by atoms with Crippen molar-refractivity contribution in [2.24, 2.45) is 0 Å². The molecule has 6 heteroatoms. The van der Waals surface area contributed by atoms with Crippen LogP contribution in [0.2, 0.25) is 0 Å². The molecule has 3 aromatic rings. The lowest BCUT2D eigenvalue weighted by Gasteiger charge is -2.05. The summed E-state index contributed by atoms with van der Waals surface area (Å²) >= 11 is 0. The molecule has 1 amide bonds. The summed E-state index contributed by atoms with van der Waals surface area (Å²) in [7, 11) is 0. The number of H-pyrrole nitrogens is 2. The number of aryl methyl sites for hydroxylation is 1. The van der Waals surface area contributed by atoms with Crippen LogP contribution in [-0.2, 0) is 30.6 Å². The van der Waals surface area contributed by atoms with Crippen molar-refractivity contribution in [2.75, 3.05) is 0 Å². The Morgan fingerprint density at radius 2 is 2.12 bits per heavy atom. The molecule has 0 bridgehead atoms. The van der Waals surface area contributed by atoms with Crippen molar-refractivity contribution < 1.29 is 4.79 Å². The molecule has 0 spiro atoms. The molecule has 0 atom stereocenters. The number of fused-ring (bicyclic) bond motifs is 2. The van der Waals surface area contributed by atoms with Gasteiger partial charge in [-0.05, 0) is 42.3 Å². The summed E-state index contributed by atoms with van der Waals surface area (Å²) < 4.78 is 0. The van der Waals surface area contributed by atoms with Gasteiger partial charge in [-0.1, -0.05) is 18.2 Å². The molecule has 0 saturated heterocycles. The van der Waals surface area contributed by atoms with Gasteiger partial charge in [0.1, 0.15) is 0 Å². The van der Waals surface area contributed by atoms with Gasteiger partial charge in [0.25, 0.3) is 5.56 Å². The average molecular weight is 322 g/mol. The van der Waals surface area contributed by atoms with Gasteiger partial charge in [-0.15, -0.1) is 0 Å². The second-order valence-corrected chi connectivity index (χ2v) is 6.15. The van der Waals surface area contributed by atoms with E-state index in [4.69, 9.17) is 0 Å². The molecule has 0 fully saturated rings. The number of carbonyl (C=O) groups excluding carboxylic acids is 1. The Balaban J connectivity index is 1.46. The van der Waals surface area contributed by atoms with Crippen molar-refractivity contribution in [3.63, 3.8) is 0 Å². The van der Waals surface area contributed by atoms with Gasteiger partial charge in [0.15, 0.2) is 0 Å². The van der Waals surface area contributed by atoms with Gasteiger partial charge >= 0.3 is 0 Å². The first-order valence-corrected chi connectivity index (χ1v) is 8.13. The zero-order valence-corrected chi connectivity index (χ0v) is 13.2. The highest BCUT2D eigenvalue weighted by atomic mass is 16.2. The fourth-order valence-electron chi connectivity index (χ4n) is 3.28. The fourth-order valence-corrected chi connectivity index (χ4v) is 3.28. The van der Waals surface area contributed by atoms with Gasteiger partial charge < -0.3 is 10.3 Å². The predicted molar refractivity (Wildman–Crippen MR) is 90.7 cm³/mol. The number of nitrogens with zero attached hydrogens (tertiary/aromatic N) is 1. The molecule has 1 aliphatic carbocycles. The number of hydrogen-bond donors (Lipinski definition) is 3. The minimum absolute atomic E-state index is 0.0623. The number of rotatable bonds is 4. The molecular weight excluding hydrogens is 304 g/mol. The van der Waals surface area contributed by atoms with E-state index in [-0.39, 0.29) is 17.9 Å². The minimum atomic E-state index is -0.218. The number of aromatic nitrogens is 3. The van der Waals surface area contributed by atoms with E-state index in [1.807, 2.05) is 24.3 Å². The Labute approximate surface area is 138 Å². The number of benzene rings is 1. The second-order valence-electron chi connectivity index (χ2n) is 6.15. The Morgan fingerprint density at radius 1 is 1.25 bits per heavy atom. The highest BCUT2D eigenvalue weighted by Crippen LogP contribution is 2.22. The van der Waals surface area contributed by atoms with Crippen LogP contribution in [-0.4, -0.2) is 21.1 Å². The summed E-state index contributed by atoms with van der Waals surface area (Å²) in [6.45, 7) is 0.399. The van der Waals surface area contributed by atoms with Crippen LogP contribution in [0.4, 0.5) is 0 Å².